The van der Waals surface area contributed by atoms with Crippen LogP contribution in [0.15, 0.2) is 6.20 Å². The fourth-order valence-corrected chi connectivity index (χ4v) is 2.78. The van der Waals surface area contributed by atoms with Crippen LogP contribution in [0.1, 0.15) is 17.7 Å². The van der Waals surface area contributed by atoms with Crippen molar-refractivity contribution in [3.63, 3.8) is 0 Å². The average molecular weight is 254 g/mol. The van der Waals surface area contributed by atoms with Gasteiger partial charge in [-0.1, -0.05) is 0 Å². The van der Waals surface area contributed by atoms with Crippen LogP contribution in [0, 0.1) is 0 Å². The summed E-state index contributed by atoms with van der Waals surface area (Å²) >= 11 is 1.48. The minimum atomic E-state index is 0.225. The zero-order chi connectivity index (χ0) is 12.3. The number of nitrogens with zero attached hydrogens (tertiary/aromatic N) is 3. The lowest BCUT2D eigenvalue weighted by atomic mass is 10.4. The first-order valence-electron chi connectivity index (χ1n) is 5.81. The molecule has 0 saturated carbocycles. The summed E-state index contributed by atoms with van der Waals surface area (Å²) in [5.41, 5.74) is 5.57. The Hall–Kier alpha value is -1.14. The number of hydrogen-bond acceptors (Lipinski definition) is 5. The number of anilines is 1. The summed E-state index contributed by atoms with van der Waals surface area (Å²) < 4.78 is 0. The summed E-state index contributed by atoms with van der Waals surface area (Å²) in [4.78, 5) is 20.9. The van der Waals surface area contributed by atoms with E-state index in [-0.39, 0.29) is 5.91 Å². The zero-order valence-corrected chi connectivity index (χ0v) is 10.9. The van der Waals surface area contributed by atoms with Gasteiger partial charge < -0.3 is 10.6 Å². The smallest absolute Gasteiger partial charge is 0.236 e. The van der Waals surface area contributed by atoms with E-state index in [0.29, 0.717) is 11.7 Å². The highest BCUT2D eigenvalue weighted by Crippen LogP contribution is 2.16. The Balaban J connectivity index is 1.80. The minimum Gasteiger partial charge on any atom is -0.375 e. The van der Waals surface area contributed by atoms with E-state index in [4.69, 9.17) is 5.73 Å². The van der Waals surface area contributed by atoms with E-state index in [9.17, 15) is 4.79 Å². The molecular formula is C11H18N4OS. The number of hydrogen-bond donors (Lipinski definition) is 1. The van der Waals surface area contributed by atoms with Gasteiger partial charge in [-0.05, 0) is 19.9 Å². The normalized spacial score (nSPS) is 15.8. The molecule has 0 unspecified atom stereocenters. The predicted octanol–water partition coefficient (Wildman–Crippen LogP) is 0.779. The van der Waals surface area contributed by atoms with Crippen molar-refractivity contribution in [2.75, 3.05) is 32.4 Å². The van der Waals surface area contributed by atoms with Crippen LogP contribution in [0.5, 0.6) is 0 Å². The van der Waals surface area contributed by atoms with E-state index in [1.165, 1.54) is 11.3 Å². The van der Waals surface area contributed by atoms with Gasteiger partial charge in [-0.2, -0.15) is 0 Å². The highest BCUT2D eigenvalue weighted by atomic mass is 32.1. The van der Waals surface area contributed by atoms with Gasteiger partial charge in [0.25, 0.3) is 0 Å². The molecule has 0 bridgehead atoms. The van der Waals surface area contributed by atoms with Crippen molar-refractivity contribution >= 4 is 22.4 Å². The topological polar surface area (TPSA) is 62.5 Å². The lowest BCUT2D eigenvalue weighted by Gasteiger charge is -2.20. The maximum atomic E-state index is 11.9. The highest BCUT2D eigenvalue weighted by molar-refractivity contribution is 7.15. The zero-order valence-electron chi connectivity index (χ0n) is 10.1. The predicted molar refractivity (Wildman–Crippen MR) is 68.7 cm³/mol. The Kier molecular flexibility index (Phi) is 3.96. The summed E-state index contributed by atoms with van der Waals surface area (Å²) in [5, 5.41) is 0.583. The molecule has 1 aromatic rings. The third-order valence-electron chi connectivity index (χ3n) is 2.86. The first kappa shape index (κ1) is 12.3. The molecule has 2 heterocycles. The van der Waals surface area contributed by atoms with Crippen molar-refractivity contribution in [2.24, 2.45) is 0 Å². The number of nitrogen functional groups attached to an aromatic ring is 1. The fourth-order valence-electron chi connectivity index (χ4n) is 2.02. The molecule has 94 valence electrons. The highest BCUT2D eigenvalue weighted by Gasteiger charge is 2.19. The van der Waals surface area contributed by atoms with Gasteiger partial charge >= 0.3 is 0 Å². The molecule has 2 rings (SSSR count). The Bertz CT molecular complexity index is 387. The summed E-state index contributed by atoms with van der Waals surface area (Å²) in [7, 11) is 1.95. The van der Waals surface area contributed by atoms with Crippen molar-refractivity contribution < 1.29 is 4.79 Å². The Labute approximate surface area is 105 Å². The summed E-state index contributed by atoms with van der Waals surface area (Å²) in [6.45, 7) is 3.03. The lowest BCUT2D eigenvalue weighted by Crippen LogP contribution is -2.36. The molecule has 0 aliphatic carbocycles. The summed E-state index contributed by atoms with van der Waals surface area (Å²) in [5.74, 6) is 0.225. The number of aromatic nitrogens is 1. The van der Waals surface area contributed by atoms with Gasteiger partial charge in [0.15, 0.2) is 5.13 Å². The van der Waals surface area contributed by atoms with Crippen LogP contribution in [0.4, 0.5) is 5.13 Å². The molecule has 0 atom stereocenters. The van der Waals surface area contributed by atoms with Crippen LogP contribution < -0.4 is 5.73 Å². The average Bonchev–Trinajstić information content (AvgIpc) is 2.89. The van der Waals surface area contributed by atoms with Gasteiger partial charge in [-0.25, -0.2) is 4.98 Å². The number of likely N-dealkylation sites (tertiary alicyclic amines) is 1. The Morgan fingerprint density at radius 2 is 2.29 bits per heavy atom. The summed E-state index contributed by atoms with van der Waals surface area (Å²) in [6, 6.07) is 0. The number of likely N-dealkylation sites (N-methyl/N-ethyl adjacent to an activating group) is 1. The minimum absolute atomic E-state index is 0.225. The van der Waals surface area contributed by atoms with Gasteiger partial charge in [0.2, 0.25) is 5.91 Å². The van der Waals surface area contributed by atoms with Crippen LogP contribution in [0.25, 0.3) is 0 Å². The van der Waals surface area contributed by atoms with E-state index in [1.54, 1.807) is 6.20 Å². The van der Waals surface area contributed by atoms with Crippen molar-refractivity contribution in [2.45, 2.75) is 19.4 Å². The summed E-state index contributed by atoms with van der Waals surface area (Å²) in [6.07, 6.45) is 4.05. The molecule has 0 spiro atoms. The number of amides is 1. The fraction of sp³-hybridized carbons (Fsp3) is 0.636. The molecule has 1 aromatic heterocycles. The molecule has 5 nitrogen and oxygen atoms in total. The van der Waals surface area contributed by atoms with E-state index < -0.39 is 0 Å². The van der Waals surface area contributed by atoms with Gasteiger partial charge in [0.1, 0.15) is 0 Å². The second kappa shape index (κ2) is 5.46. The van der Waals surface area contributed by atoms with E-state index in [0.717, 1.165) is 37.4 Å². The molecule has 2 N–H and O–H groups in total. The maximum Gasteiger partial charge on any atom is 0.236 e. The van der Waals surface area contributed by atoms with E-state index in [1.807, 2.05) is 16.8 Å². The first-order valence-corrected chi connectivity index (χ1v) is 6.63. The van der Waals surface area contributed by atoms with Crippen LogP contribution in [0.2, 0.25) is 0 Å². The number of thiazole rings is 1. The molecule has 1 aliphatic rings. The van der Waals surface area contributed by atoms with E-state index in [2.05, 4.69) is 4.98 Å². The number of carbonyl (C=O) groups is 1. The molecule has 1 saturated heterocycles. The molecule has 1 fully saturated rings. The molecule has 1 amide bonds. The molecular weight excluding hydrogens is 236 g/mol. The van der Waals surface area contributed by atoms with E-state index >= 15 is 0 Å². The van der Waals surface area contributed by atoms with Crippen molar-refractivity contribution in [3.05, 3.63) is 11.1 Å². The quantitative estimate of drug-likeness (QED) is 0.862. The second-order valence-electron chi connectivity index (χ2n) is 4.42. The van der Waals surface area contributed by atoms with Gasteiger partial charge in [-0.15, -0.1) is 11.3 Å². The van der Waals surface area contributed by atoms with Gasteiger partial charge in [-0.3, -0.25) is 9.69 Å². The molecule has 1 aliphatic heterocycles. The molecule has 0 aromatic carbocycles. The van der Waals surface area contributed by atoms with Crippen molar-refractivity contribution in [3.8, 4) is 0 Å². The third-order valence-corrected chi connectivity index (χ3v) is 3.67. The number of carbonyl (C=O) groups excluding carboxylic acids is 1. The second-order valence-corrected chi connectivity index (χ2v) is 5.57. The SMILES string of the molecule is CN(CC(=O)N1CCCC1)Cc1cnc(N)s1. The van der Waals surface area contributed by atoms with Gasteiger partial charge in [0, 0.05) is 30.7 Å². The van der Waals surface area contributed by atoms with Crippen LogP contribution in [-0.2, 0) is 11.3 Å². The van der Waals surface area contributed by atoms with Crippen LogP contribution >= 0.6 is 11.3 Å². The molecule has 6 heteroatoms. The molecule has 0 radical (unpaired) electrons. The number of nitrogens with two attached hydrogens (primary N) is 1. The Morgan fingerprint density at radius 1 is 1.59 bits per heavy atom. The Morgan fingerprint density at radius 3 is 2.88 bits per heavy atom. The number of rotatable bonds is 4. The largest absolute Gasteiger partial charge is 0.375 e. The van der Waals surface area contributed by atoms with Crippen molar-refractivity contribution in [1.29, 1.82) is 0 Å². The third kappa shape index (κ3) is 3.41. The van der Waals surface area contributed by atoms with Crippen molar-refractivity contribution in [1.82, 2.24) is 14.8 Å². The standard InChI is InChI=1S/C11H18N4OS/c1-14(7-9-6-13-11(12)17-9)8-10(16)15-4-2-3-5-15/h6H,2-5,7-8H2,1H3,(H2,12,13). The lowest BCUT2D eigenvalue weighted by molar-refractivity contribution is -0.131. The van der Waals surface area contributed by atoms with Crippen LogP contribution in [-0.4, -0.2) is 47.4 Å². The maximum absolute atomic E-state index is 11.9. The first-order chi connectivity index (χ1) is 8.15. The monoisotopic (exact) mass is 254 g/mol. The molecule has 17 heavy (non-hydrogen) atoms. The van der Waals surface area contributed by atoms with Gasteiger partial charge in [0.05, 0.1) is 6.54 Å². The van der Waals surface area contributed by atoms with Crippen LogP contribution in [0.3, 0.4) is 0 Å².